The highest BCUT2D eigenvalue weighted by atomic mass is 16.5. The molecule has 0 aliphatic carbocycles. The minimum atomic E-state index is -0.0758. The Bertz CT molecular complexity index is 827. The molecule has 6 nitrogen and oxygen atoms in total. The second-order valence-corrected chi connectivity index (χ2v) is 8.40. The summed E-state index contributed by atoms with van der Waals surface area (Å²) in [4.78, 5) is 18.3. The SMILES string of the molecule is Cc1noc(C)c1C(=O)NC1C2CN3CCN(C2)CC1(c1ccccc1)C3. The molecular formula is C21H26N4O2. The third-order valence-electron chi connectivity index (χ3n) is 6.69. The molecule has 6 heteroatoms. The lowest BCUT2D eigenvalue weighted by molar-refractivity contribution is 0.0180. The van der Waals surface area contributed by atoms with Crippen LogP contribution in [0.3, 0.4) is 0 Å². The molecule has 2 aromatic rings. The summed E-state index contributed by atoms with van der Waals surface area (Å²) in [6.07, 6.45) is 0. The van der Waals surface area contributed by atoms with E-state index in [4.69, 9.17) is 4.52 Å². The summed E-state index contributed by atoms with van der Waals surface area (Å²) < 4.78 is 5.23. The first kappa shape index (κ1) is 17.0. The number of hydrogen-bond acceptors (Lipinski definition) is 5. The van der Waals surface area contributed by atoms with Crippen molar-refractivity contribution < 1.29 is 9.32 Å². The number of fused-ring (bicyclic) bond motifs is 1. The number of amides is 1. The van der Waals surface area contributed by atoms with E-state index in [-0.39, 0.29) is 17.4 Å². The first-order chi connectivity index (χ1) is 13.1. The summed E-state index contributed by atoms with van der Waals surface area (Å²) >= 11 is 0. The Morgan fingerprint density at radius 3 is 2.41 bits per heavy atom. The molecule has 4 saturated heterocycles. The normalized spacial score (nSPS) is 34.4. The Morgan fingerprint density at radius 1 is 1.15 bits per heavy atom. The van der Waals surface area contributed by atoms with Crippen LogP contribution in [0.25, 0.3) is 0 Å². The lowest BCUT2D eigenvalue weighted by atomic mass is 9.64. The van der Waals surface area contributed by atoms with Crippen molar-refractivity contribution in [1.29, 1.82) is 0 Å². The number of carbonyl (C=O) groups excluding carboxylic acids is 1. The summed E-state index contributed by atoms with van der Waals surface area (Å²) in [6.45, 7) is 9.98. The fourth-order valence-corrected chi connectivity index (χ4v) is 5.59. The van der Waals surface area contributed by atoms with Crippen LogP contribution >= 0.6 is 0 Å². The molecule has 0 radical (unpaired) electrons. The molecule has 142 valence electrons. The van der Waals surface area contributed by atoms with Gasteiger partial charge in [0, 0.05) is 56.6 Å². The minimum Gasteiger partial charge on any atom is -0.361 e. The Morgan fingerprint density at radius 2 is 1.81 bits per heavy atom. The van der Waals surface area contributed by atoms with E-state index in [1.807, 2.05) is 6.92 Å². The van der Waals surface area contributed by atoms with Crippen LogP contribution in [0, 0.1) is 19.8 Å². The molecule has 1 N–H and O–H groups in total. The van der Waals surface area contributed by atoms with E-state index >= 15 is 0 Å². The van der Waals surface area contributed by atoms with Crippen LogP contribution in [0.5, 0.6) is 0 Å². The number of rotatable bonds is 3. The molecule has 3 unspecified atom stereocenters. The minimum absolute atomic E-state index is 0.0531. The number of nitrogens with zero attached hydrogens (tertiary/aromatic N) is 3. The number of benzene rings is 1. The zero-order chi connectivity index (χ0) is 18.6. The van der Waals surface area contributed by atoms with E-state index in [9.17, 15) is 4.79 Å². The van der Waals surface area contributed by atoms with Crippen LogP contribution in [0.1, 0.15) is 27.4 Å². The van der Waals surface area contributed by atoms with Gasteiger partial charge in [0.15, 0.2) is 0 Å². The van der Waals surface area contributed by atoms with Crippen LogP contribution in [0.4, 0.5) is 0 Å². The van der Waals surface area contributed by atoms with E-state index in [0.717, 1.165) is 39.3 Å². The zero-order valence-corrected chi connectivity index (χ0v) is 15.9. The summed E-state index contributed by atoms with van der Waals surface area (Å²) in [6, 6.07) is 10.9. The molecule has 1 aromatic carbocycles. The van der Waals surface area contributed by atoms with Crippen molar-refractivity contribution in [2.45, 2.75) is 25.3 Å². The smallest absolute Gasteiger partial charge is 0.257 e. The number of nitrogens with one attached hydrogen (secondary N) is 1. The van der Waals surface area contributed by atoms with Gasteiger partial charge in [0.25, 0.3) is 5.91 Å². The first-order valence-electron chi connectivity index (χ1n) is 9.81. The van der Waals surface area contributed by atoms with E-state index in [2.05, 4.69) is 50.6 Å². The Balaban J connectivity index is 1.55. The fraction of sp³-hybridized carbons (Fsp3) is 0.524. The monoisotopic (exact) mass is 366 g/mol. The molecule has 5 heterocycles. The zero-order valence-electron chi connectivity index (χ0n) is 15.9. The Labute approximate surface area is 159 Å². The maximum absolute atomic E-state index is 13.2. The summed E-state index contributed by atoms with van der Waals surface area (Å²) in [7, 11) is 0. The van der Waals surface area contributed by atoms with E-state index in [1.165, 1.54) is 5.56 Å². The molecule has 3 atom stereocenters. The van der Waals surface area contributed by atoms with Gasteiger partial charge in [-0.1, -0.05) is 35.5 Å². The standard InChI is InChI=1S/C21H26N4O2/c1-14-18(15(2)27-23-14)20(26)22-19-16-10-24-8-9-25(11-16)13-21(19,12-24)17-6-4-3-5-7-17/h3-7,16,19H,8-13H2,1-2H3,(H,22,26). The van der Waals surface area contributed by atoms with Crippen molar-refractivity contribution in [1.82, 2.24) is 20.3 Å². The Kier molecular flexibility index (Phi) is 3.88. The predicted octanol–water partition coefficient (Wildman–Crippen LogP) is 1.59. The molecule has 0 saturated carbocycles. The van der Waals surface area contributed by atoms with E-state index in [0.29, 0.717) is 22.9 Å². The molecule has 4 bridgehead atoms. The molecule has 27 heavy (non-hydrogen) atoms. The molecule has 4 aliphatic rings. The van der Waals surface area contributed by atoms with Crippen LogP contribution < -0.4 is 5.32 Å². The van der Waals surface area contributed by atoms with E-state index < -0.39 is 0 Å². The van der Waals surface area contributed by atoms with E-state index in [1.54, 1.807) is 6.92 Å². The maximum atomic E-state index is 13.2. The van der Waals surface area contributed by atoms with Gasteiger partial charge < -0.3 is 19.6 Å². The van der Waals surface area contributed by atoms with Crippen molar-refractivity contribution >= 4 is 5.91 Å². The van der Waals surface area contributed by atoms with Crippen LogP contribution in [-0.4, -0.2) is 66.2 Å². The van der Waals surface area contributed by atoms with Crippen molar-refractivity contribution in [3.63, 3.8) is 0 Å². The highest BCUT2D eigenvalue weighted by molar-refractivity contribution is 5.96. The van der Waals surface area contributed by atoms with Gasteiger partial charge in [0.05, 0.1) is 5.69 Å². The van der Waals surface area contributed by atoms with Crippen molar-refractivity contribution in [2.24, 2.45) is 5.92 Å². The molecule has 6 rings (SSSR count). The largest absolute Gasteiger partial charge is 0.361 e. The van der Waals surface area contributed by atoms with Crippen molar-refractivity contribution in [3.8, 4) is 0 Å². The van der Waals surface area contributed by atoms with Crippen LogP contribution in [-0.2, 0) is 5.41 Å². The summed E-state index contributed by atoms with van der Waals surface area (Å²) in [5.41, 5.74) is 2.50. The summed E-state index contributed by atoms with van der Waals surface area (Å²) in [5, 5.41) is 7.38. The first-order valence-corrected chi connectivity index (χ1v) is 9.81. The predicted molar refractivity (Wildman–Crippen MR) is 102 cm³/mol. The highest BCUT2D eigenvalue weighted by Crippen LogP contribution is 2.43. The second-order valence-electron chi connectivity index (χ2n) is 8.40. The number of aromatic nitrogens is 1. The molecule has 4 fully saturated rings. The number of aryl methyl sites for hydroxylation is 2. The number of piperidine rings is 2. The van der Waals surface area contributed by atoms with Gasteiger partial charge in [0.1, 0.15) is 11.3 Å². The lowest BCUT2D eigenvalue weighted by Crippen LogP contribution is -2.70. The average molecular weight is 366 g/mol. The van der Waals surface area contributed by atoms with Crippen molar-refractivity contribution in [3.05, 3.63) is 52.9 Å². The molecular weight excluding hydrogens is 340 g/mol. The van der Waals surface area contributed by atoms with Crippen molar-refractivity contribution in [2.75, 3.05) is 39.3 Å². The quantitative estimate of drug-likeness (QED) is 0.894. The second kappa shape index (κ2) is 6.17. The van der Waals surface area contributed by atoms with Gasteiger partial charge in [-0.15, -0.1) is 0 Å². The highest BCUT2D eigenvalue weighted by Gasteiger charge is 2.55. The summed E-state index contributed by atoms with van der Waals surface area (Å²) in [5.74, 6) is 0.967. The average Bonchev–Trinajstić information content (AvgIpc) is 2.83. The van der Waals surface area contributed by atoms with Gasteiger partial charge >= 0.3 is 0 Å². The molecule has 1 aromatic heterocycles. The topological polar surface area (TPSA) is 61.6 Å². The van der Waals surface area contributed by atoms with Gasteiger partial charge in [-0.05, 0) is 19.4 Å². The lowest BCUT2D eigenvalue weighted by Gasteiger charge is -2.55. The molecule has 4 aliphatic heterocycles. The van der Waals surface area contributed by atoms with Crippen LogP contribution in [0.2, 0.25) is 0 Å². The van der Waals surface area contributed by atoms with Gasteiger partial charge in [-0.25, -0.2) is 0 Å². The third kappa shape index (κ3) is 2.62. The van der Waals surface area contributed by atoms with Gasteiger partial charge in [-0.3, -0.25) is 4.79 Å². The fourth-order valence-electron chi connectivity index (χ4n) is 5.59. The number of carbonyl (C=O) groups is 1. The number of hydrogen-bond donors (Lipinski definition) is 1. The third-order valence-corrected chi connectivity index (χ3v) is 6.69. The molecule has 1 amide bonds. The van der Waals surface area contributed by atoms with Gasteiger partial charge in [0.2, 0.25) is 0 Å². The maximum Gasteiger partial charge on any atom is 0.257 e. The van der Waals surface area contributed by atoms with Crippen LogP contribution in [0.15, 0.2) is 34.9 Å². The Hall–Kier alpha value is -2.18. The van der Waals surface area contributed by atoms with Gasteiger partial charge in [-0.2, -0.15) is 0 Å². The molecule has 0 spiro atoms.